The Morgan fingerprint density at radius 2 is 2.40 bits per heavy atom. The zero-order valence-electron chi connectivity index (χ0n) is 7.06. The summed E-state index contributed by atoms with van der Waals surface area (Å²) in [4.78, 5) is 2.48. The molecule has 0 aromatic rings. The molecule has 2 heteroatoms. The van der Waals surface area contributed by atoms with Crippen molar-refractivity contribution in [2.75, 3.05) is 19.8 Å². The highest BCUT2D eigenvalue weighted by atomic mass is 15.3. The highest BCUT2D eigenvalue weighted by molar-refractivity contribution is 4.73. The lowest BCUT2D eigenvalue weighted by Crippen LogP contribution is -2.22. The van der Waals surface area contributed by atoms with E-state index in [1.54, 1.807) is 0 Å². The minimum absolute atomic E-state index is 0.705. The molecule has 0 aliphatic carbocycles. The molecule has 2 nitrogen and oxygen atoms in total. The van der Waals surface area contributed by atoms with Gasteiger partial charge in [0.25, 0.3) is 0 Å². The van der Waals surface area contributed by atoms with Crippen LogP contribution >= 0.6 is 0 Å². The lowest BCUT2D eigenvalue weighted by atomic mass is 10.3. The molecule has 0 saturated carbocycles. The van der Waals surface area contributed by atoms with Crippen molar-refractivity contribution >= 4 is 0 Å². The van der Waals surface area contributed by atoms with Gasteiger partial charge in [-0.3, -0.25) is 4.90 Å². The lowest BCUT2D eigenvalue weighted by Gasteiger charge is -2.12. The lowest BCUT2D eigenvalue weighted by molar-refractivity contribution is 0.325. The first-order valence-corrected chi connectivity index (χ1v) is 4.28. The Labute approximate surface area is 63.6 Å². The molecule has 1 atom stereocenters. The van der Waals surface area contributed by atoms with E-state index in [1.165, 1.54) is 25.9 Å². The maximum Gasteiger partial charge on any atom is 0.0483 e. The summed E-state index contributed by atoms with van der Waals surface area (Å²) in [5.41, 5.74) is 0. The van der Waals surface area contributed by atoms with Crippen LogP contribution in [-0.2, 0) is 0 Å². The molecule has 1 saturated heterocycles. The molecule has 10 heavy (non-hydrogen) atoms. The normalized spacial score (nSPS) is 27.6. The Kier molecular flexibility index (Phi) is 3.16. The molecule has 0 aromatic carbocycles. The number of nitrogens with zero attached hydrogens (tertiary/aromatic N) is 1. The van der Waals surface area contributed by atoms with Crippen LogP contribution in [0.25, 0.3) is 0 Å². The Morgan fingerprint density at radius 1 is 1.60 bits per heavy atom. The van der Waals surface area contributed by atoms with Gasteiger partial charge in [-0.1, -0.05) is 13.3 Å². The fraction of sp³-hybridized carbons (Fsp3) is 1.00. The highest BCUT2D eigenvalue weighted by Crippen LogP contribution is 2.01. The van der Waals surface area contributed by atoms with E-state index >= 15 is 0 Å². The van der Waals surface area contributed by atoms with Crippen LogP contribution in [0.3, 0.4) is 0 Å². The third kappa shape index (κ3) is 2.27. The van der Waals surface area contributed by atoms with Crippen molar-refractivity contribution in [3.63, 3.8) is 0 Å². The number of rotatable bonds is 3. The van der Waals surface area contributed by atoms with Crippen LogP contribution in [0.4, 0.5) is 0 Å². The number of hydrogen-bond acceptors (Lipinski definition) is 2. The monoisotopic (exact) mass is 142 g/mol. The first-order chi connectivity index (χ1) is 4.83. The minimum atomic E-state index is 0.705. The molecule has 1 aliphatic rings. The Morgan fingerprint density at radius 3 is 2.90 bits per heavy atom. The van der Waals surface area contributed by atoms with Gasteiger partial charge < -0.3 is 5.32 Å². The molecule has 60 valence electrons. The molecule has 0 bridgehead atoms. The Bertz CT molecular complexity index is 93.3. The largest absolute Gasteiger partial charge is 0.301 e. The summed E-state index contributed by atoms with van der Waals surface area (Å²) < 4.78 is 0. The topological polar surface area (TPSA) is 15.3 Å². The maximum absolute atomic E-state index is 3.40. The van der Waals surface area contributed by atoms with E-state index in [9.17, 15) is 0 Å². The minimum Gasteiger partial charge on any atom is -0.301 e. The van der Waals surface area contributed by atoms with E-state index in [2.05, 4.69) is 24.1 Å². The predicted molar refractivity (Wildman–Crippen MR) is 43.9 cm³/mol. The van der Waals surface area contributed by atoms with Gasteiger partial charge in [-0.05, 0) is 19.9 Å². The summed E-state index contributed by atoms with van der Waals surface area (Å²) >= 11 is 0. The molecule has 1 unspecified atom stereocenters. The van der Waals surface area contributed by atoms with E-state index in [0.29, 0.717) is 6.04 Å². The van der Waals surface area contributed by atoms with Gasteiger partial charge in [0.15, 0.2) is 0 Å². The first kappa shape index (κ1) is 8.02. The van der Waals surface area contributed by atoms with E-state index in [-0.39, 0.29) is 0 Å². The van der Waals surface area contributed by atoms with Gasteiger partial charge >= 0.3 is 0 Å². The molecular formula is C8H18N2. The fourth-order valence-corrected chi connectivity index (χ4v) is 1.35. The van der Waals surface area contributed by atoms with Crippen molar-refractivity contribution in [2.24, 2.45) is 0 Å². The van der Waals surface area contributed by atoms with Crippen molar-refractivity contribution in [1.82, 2.24) is 10.2 Å². The van der Waals surface area contributed by atoms with Crippen LogP contribution in [0.2, 0.25) is 0 Å². The van der Waals surface area contributed by atoms with Crippen LogP contribution in [-0.4, -0.2) is 30.7 Å². The molecule has 0 spiro atoms. The standard InChI is InChI=1S/C8H18N2/c1-3-4-5-10-6-8(2)9-7-10/h8-9H,3-7H2,1-2H3. The van der Waals surface area contributed by atoms with Gasteiger partial charge in [0.1, 0.15) is 0 Å². The number of nitrogens with one attached hydrogen (secondary N) is 1. The molecular weight excluding hydrogens is 124 g/mol. The molecule has 1 aliphatic heterocycles. The molecule has 1 N–H and O–H groups in total. The van der Waals surface area contributed by atoms with Crippen molar-refractivity contribution in [3.8, 4) is 0 Å². The molecule has 1 heterocycles. The van der Waals surface area contributed by atoms with Crippen LogP contribution in [0.5, 0.6) is 0 Å². The average Bonchev–Trinajstić information content (AvgIpc) is 2.31. The third-order valence-corrected chi connectivity index (χ3v) is 2.02. The quantitative estimate of drug-likeness (QED) is 0.633. The van der Waals surface area contributed by atoms with Crippen LogP contribution < -0.4 is 5.32 Å². The molecule has 0 radical (unpaired) electrons. The van der Waals surface area contributed by atoms with Crippen molar-refractivity contribution in [3.05, 3.63) is 0 Å². The zero-order chi connectivity index (χ0) is 7.40. The fourth-order valence-electron chi connectivity index (χ4n) is 1.35. The van der Waals surface area contributed by atoms with E-state index in [0.717, 1.165) is 6.67 Å². The van der Waals surface area contributed by atoms with E-state index in [4.69, 9.17) is 0 Å². The first-order valence-electron chi connectivity index (χ1n) is 4.28. The molecule has 0 amide bonds. The summed E-state index contributed by atoms with van der Waals surface area (Å²) in [5.74, 6) is 0. The second-order valence-electron chi connectivity index (χ2n) is 3.19. The summed E-state index contributed by atoms with van der Waals surface area (Å²) in [7, 11) is 0. The third-order valence-electron chi connectivity index (χ3n) is 2.02. The Hall–Kier alpha value is -0.0800. The smallest absolute Gasteiger partial charge is 0.0483 e. The molecule has 0 aromatic heterocycles. The second kappa shape index (κ2) is 3.94. The van der Waals surface area contributed by atoms with Gasteiger partial charge in [-0.25, -0.2) is 0 Å². The number of hydrogen-bond donors (Lipinski definition) is 1. The van der Waals surface area contributed by atoms with Crippen molar-refractivity contribution in [1.29, 1.82) is 0 Å². The van der Waals surface area contributed by atoms with Crippen LogP contribution in [0.15, 0.2) is 0 Å². The molecule has 1 fully saturated rings. The van der Waals surface area contributed by atoms with Gasteiger partial charge in [0.2, 0.25) is 0 Å². The van der Waals surface area contributed by atoms with Crippen molar-refractivity contribution < 1.29 is 0 Å². The highest BCUT2D eigenvalue weighted by Gasteiger charge is 2.15. The van der Waals surface area contributed by atoms with Gasteiger partial charge in [0.05, 0.1) is 0 Å². The van der Waals surface area contributed by atoms with Gasteiger partial charge in [0, 0.05) is 19.3 Å². The summed E-state index contributed by atoms with van der Waals surface area (Å²) in [5, 5.41) is 3.40. The average molecular weight is 142 g/mol. The molecule has 1 rings (SSSR count). The summed E-state index contributed by atoms with van der Waals surface area (Å²) in [6.07, 6.45) is 2.65. The van der Waals surface area contributed by atoms with Crippen molar-refractivity contribution in [2.45, 2.75) is 32.7 Å². The zero-order valence-corrected chi connectivity index (χ0v) is 7.06. The van der Waals surface area contributed by atoms with Gasteiger partial charge in [-0.15, -0.1) is 0 Å². The summed E-state index contributed by atoms with van der Waals surface area (Å²) in [6, 6.07) is 0.705. The Balaban J connectivity index is 2.06. The van der Waals surface area contributed by atoms with E-state index < -0.39 is 0 Å². The second-order valence-corrected chi connectivity index (χ2v) is 3.19. The van der Waals surface area contributed by atoms with Crippen LogP contribution in [0, 0.1) is 0 Å². The predicted octanol–water partition coefficient (Wildman–Crippen LogP) is 1.04. The maximum atomic E-state index is 3.40. The summed E-state index contributed by atoms with van der Waals surface area (Å²) in [6.45, 7) is 8.09. The van der Waals surface area contributed by atoms with Crippen LogP contribution in [0.1, 0.15) is 26.7 Å². The van der Waals surface area contributed by atoms with Gasteiger partial charge in [-0.2, -0.15) is 0 Å². The number of unbranched alkanes of at least 4 members (excludes halogenated alkanes) is 1. The van der Waals surface area contributed by atoms with E-state index in [1.807, 2.05) is 0 Å². The SMILES string of the molecule is CCCCN1CNC(C)C1.